The topological polar surface area (TPSA) is 104 Å². The van der Waals surface area contributed by atoms with Gasteiger partial charge >= 0.3 is 0 Å². The molecule has 0 saturated heterocycles. The molecule has 1 aromatic rings. The van der Waals surface area contributed by atoms with Gasteiger partial charge in [-0.1, -0.05) is 15.9 Å². The van der Waals surface area contributed by atoms with Crippen molar-refractivity contribution in [1.29, 1.82) is 0 Å². The van der Waals surface area contributed by atoms with Gasteiger partial charge in [0, 0.05) is 23.2 Å². The van der Waals surface area contributed by atoms with E-state index >= 15 is 0 Å². The van der Waals surface area contributed by atoms with Crippen molar-refractivity contribution in [3.63, 3.8) is 0 Å². The third-order valence-electron chi connectivity index (χ3n) is 2.68. The SMILES string of the molecule is Cc1c(N)cc(Br)cc1S(=O)(=O)N(CCO)CCO. The predicted molar refractivity (Wildman–Crippen MR) is 76.2 cm³/mol. The Hall–Kier alpha value is -0.670. The van der Waals surface area contributed by atoms with Crippen molar-refractivity contribution in [1.82, 2.24) is 4.31 Å². The van der Waals surface area contributed by atoms with Crippen LogP contribution in [-0.4, -0.2) is 49.2 Å². The summed E-state index contributed by atoms with van der Waals surface area (Å²) >= 11 is 3.20. The van der Waals surface area contributed by atoms with Gasteiger partial charge in [-0.05, 0) is 24.6 Å². The summed E-state index contributed by atoms with van der Waals surface area (Å²) in [5, 5.41) is 17.9. The second kappa shape index (κ2) is 6.67. The maximum atomic E-state index is 12.5. The van der Waals surface area contributed by atoms with Gasteiger partial charge in [0.05, 0.1) is 18.1 Å². The first-order chi connectivity index (χ1) is 8.84. The van der Waals surface area contributed by atoms with E-state index in [9.17, 15) is 8.42 Å². The summed E-state index contributed by atoms with van der Waals surface area (Å²) in [7, 11) is -3.80. The lowest BCUT2D eigenvalue weighted by Crippen LogP contribution is -2.36. The summed E-state index contributed by atoms with van der Waals surface area (Å²) in [6.45, 7) is 0.831. The Kier molecular flexibility index (Phi) is 5.75. The van der Waals surface area contributed by atoms with Crippen LogP contribution in [0.5, 0.6) is 0 Å². The average Bonchev–Trinajstić information content (AvgIpc) is 2.33. The second-order valence-electron chi connectivity index (χ2n) is 3.97. The molecule has 0 amide bonds. The average molecular weight is 353 g/mol. The summed E-state index contributed by atoms with van der Waals surface area (Å²) in [4.78, 5) is 0.0706. The maximum absolute atomic E-state index is 12.5. The number of anilines is 1. The number of halogens is 1. The molecule has 0 aliphatic carbocycles. The number of hydrogen-bond donors (Lipinski definition) is 3. The highest BCUT2D eigenvalue weighted by molar-refractivity contribution is 9.10. The molecule has 0 bridgehead atoms. The van der Waals surface area contributed by atoms with Crippen molar-refractivity contribution in [3.05, 3.63) is 22.2 Å². The molecule has 0 unspecified atom stereocenters. The molecule has 1 aromatic carbocycles. The molecule has 4 N–H and O–H groups in total. The summed E-state index contributed by atoms with van der Waals surface area (Å²) < 4.78 is 26.5. The molecule has 0 radical (unpaired) electrons. The van der Waals surface area contributed by atoms with E-state index in [4.69, 9.17) is 15.9 Å². The minimum atomic E-state index is -3.80. The van der Waals surface area contributed by atoms with E-state index in [1.165, 1.54) is 6.07 Å². The highest BCUT2D eigenvalue weighted by Crippen LogP contribution is 2.28. The lowest BCUT2D eigenvalue weighted by atomic mass is 10.2. The van der Waals surface area contributed by atoms with Crippen LogP contribution in [0, 0.1) is 6.92 Å². The Bertz CT molecular complexity index is 542. The van der Waals surface area contributed by atoms with Crippen molar-refractivity contribution in [2.24, 2.45) is 0 Å². The molecule has 1 rings (SSSR count). The number of nitrogens with two attached hydrogens (primary N) is 1. The lowest BCUT2D eigenvalue weighted by molar-refractivity contribution is 0.217. The predicted octanol–water partition coefficient (Wildman–Crippen LogP) is 0.315. The van der Waals surface area contributed by atoms with Gasteiger partial charge in [0.1, 0.15) is 0 Å². The molecule has 0 saturated carbocycles. The molecule has 19 heavy (non-hydrogen) atoms. The normalized spacial score (nSPS) is 12.1. The van der Waals surface area contributed by atoms with E-state index in [1.54, 1.807) is 13.0 Å². The molecule has 0 fully saturated rings. The Morgan fingerprint density at radius 3 is 2.26 bits per heavy atom. The molecular formula is C11H17BrN2O4S. The largest absolute Gasteiger partial charge is 0.398 e. The zero-order valence-corrected chi connectivity index (χ0v) is 12.9. The fourth-order valence-corrected chi connectivity index (χ4v) is 3.99. The van der Waals surface area contributed by atoms with Gasteiger partial charge in [0.2, 0.25) is 10.0 Å². The highest BCUT2D eigenvalue weighted by atomic mass is 79.9. The van der Waals surface area contributed by atoms with E-state index in [2.05, 4.69) is 15.9 Å². The standard InChI is InChI=1S/C11H17BrN2O4S/c1-8-10(13)6-9(12)7-11(8)19(17,18)14(2-4-15)3-5-16/h6-7,15-16H,2-5,13H2,1H3. The van der Waals surface area contributed by atoms with Crippen LogP contribution in [0.4, 0.5) is 5.69 Å². The second-order valence-corrected chi connectivity index (χ2v) is 6.79. The molecule has 108 valence electrons. The minimum absolute atomic E-state index is 0.0706. The highest BCUT2D eigenvalue weighted by Gasteiger charge is 2.26. The van der Waals surface area contributed by atoms with Crippen molar-refractivity contribution in [2.75, 3.05) is 32.0 Å². The fourth-order valence-electron chi connectivity index (χ4n) is 1.66. The minimum Gasteiger partial charge on any atom is -0.398 e. The Balaban J connectivity index is 3.32. The number of hydrogen-bond acceptors (Lipinski definition) is 5. The van der Waals surface area contributed by atoms with Crippen LogP contribution in [0.25, 0.3) is 0 Å². The molecule has 0 heterocycles. The van der Waals surface area contributed by atoms with Crippen LogP contribution in [0.3, 0.4) is 0 Å². The monoisotopic (exact) mass is 352 g/mol. The number of benzene rings is 1. The molecule has 0 aromatic heterocycles. The van der Waals surface area contributed by atoms with E-state index in [0.717, 1.165) is 4.31 Å². The van der Waals surface area contributed by atoms with Crippen LogP contribution in [0.1, 0.15) is 5.56 Å². The fraction of sp³-hybridized carbons (Fsp3) is 0.455. The van der Waals surface area contributed by atoms with Crippen LogP contribution in [0.2, 0.25) is 0 Å². The number of rotatable bonds is 6. The quantitative estimate of drug-likeness (QED) is 0.639. The van der Waals surface area contributed by atoms with E-state index in [0.29, 0.717) is 15.7 Å². The number of aliphatic hydroxyl groups is 2. The summed E-state index contributed by atoms with van der Waals surface area (Å²) in [5.74, 6) is 0. The zero-order valence-electron chi connectivity index (χ0n) is 10.5. The van der Waals surface area contributed by atoms with Gasteiger partial charge in [0.25, 0.3) is 0 Å². The van der Waals surface area contributed by atoms with Crippen molar-refractivity contribution >= 4 is 31.6 Å². The lowest BCUT2D eigenvalue weighted by Gasteiger charge is -2.22. The van der Waals surface area contributed by atoms with Gasteiger partial charge in [-0.15, -0.1) is 0 Å². The smallest absolute Gasteiger partial charge is 0.243 e. The molecule has 6 nitrogen and oxygen atoms in total. The molecule has 0 atom stereocenters. The summed E-state index contributed by atoms with van der Waals surface area (Å²) in [6, 6.07) is 3.08. The van der Waals surface area contributed by atoms with Crippen molar-refractivity contribution in [2.45, 2.75) is 11.8 Å². The number of sulfonamides is 1. The van der Waals surface area contributed by atoms with Gasteiger partial charge in [-0.2, -0.15) is 4.31 Å². The zero-order chi connectivity index (χ0) is 14.6. The first-order valence-electron chi connectivity index (χ1n) is 5.62. The van der Waals surface area contributed by atoms with E-state index in [1.807, 2.05) is 0 Å². The van der Waals surface area contributed by atoms with Crippen molar-refractivity contribution in [3.8, 4) is 0 Å². The first-order valence-corrected chi connectivity index (χ1v) is 7.85. The number of aliphatic hydroxyl groups excluding tert-OH is 2. The van der Waals surface area contributed by atoms with Crippen LogP contribution in [-0.2, 0) is 10.0 Å². The molecule has 0 aliphatic rings. The van der Waals surface area contributed by atoms with E-state index < -0.39 is 10.0 Å². The third kappa shape index (κ3) is 3.67. The first kappa shape index (κ1) is 16.4. The van der Waals surface area contributed by atoms with Crippen LogP contribution < -0.4 is 5.73 Å². The number of nitrogens with zero attached hydrogens (tertiary/aromatic N) is 1. The van der Waals surface area contributed by atoms with Gasteiger partial charge in [-0.25, -0.2) is 8.42 Å². The number of nitrogen functional groups attached to an aromatic ring is 1. The summed E-state index contributed by atoms with van der Waals surface area (Å²) in [5.41, 5.74) is 6.56. The molecule has 0 spiro atoms. The van der Waals surface area contributed by atoms with Gasteiger partial charge in [-0.3, -0.25) is 0 Å². The molecule has 0 aliphatic heterocycles. The van der Waals surface area contributed by atoms with Crippen molar-refractivity contribution < 1.29 is 18.6 Å². The van der Waals surface area contributed by atoms with Crippen LogP contribution >= 0.6 is 15.9 Å². The van der Waals surface area contributed by atoms with Crippen LogP contribution in [0.15, 0.2) is 21.5 Å². The van der Waals surface area contributed by atoms with Gasteiger partial charge in [0.15, 0.2) is 0 Å². The summed E-state index contributed by atoms with van der Waals surface area (Å²) in [6.07, 6.45) is 0. The van der Waals surface area contributed by atoms with Gasteiger partial charge < -0.3 is 15.9 Å². The Labute approximate surface area is 121 Å². The Morgan fingerprint density at radius 2 is 1.79 bits per heavy atom. The third-order valence-corrected chi connectivity index (χ3v) is 5.16. The Morgan fingerprint density at radius 1 is 1.26 bits per heavy atom. The molecule has 8 heteroatoms. The maximum Gasteiger partial charge on any atom is 0.243 e. The van der Waals surface area contributed by atoms with E-state index in [-0.39, 0.29) is 31.2 Å². The molecular weight excluding hydrogens is 336 g/mol.